The Balaban J connectivity index is 1.97. The van der Waals surface area contributed by atoms with Gasteiger partial charge in [-0.1, -0.05) is 18.2 Å². The molecule has 0 aliphatic carbocycles. The van der Waals surface area contributed by atoms with E-state index >= 15 is 0 Å². The van der Waals surface area contributed by atoms with Crippen molar-refractivity contribution >= 4 is 39.0 Å². The predicted octanol–water partition coefficient (Wildman–Crippen LogP) is 4.20. The summed E-state index contributed by atoms with van der Waals surface area (Å²) in [6, 6.07) is 11.1. The zero-order valence-electron chi connectivity index (χ0n) is 15.5. The SMILES string of the molecule is CC(Nc1ccc(S(=O)(=O)N(C(=O)O)c2cscn2)cc1C#N)c1ccccc1F. The van der Waals surface area contributed by atoms with Crippen molar-refractivity contribution in [2.75, 3.05) is 9.62 Å². The number of carboxylic acid groups (broad SMARTS) is 1. The van der Waals surface area contributed by atoms with Crippen LogP contribution in [0.4, 0.5) is 20.7 Å². The average Bonchev–Trinajstić information content (AvgIpc) is 3.21. The normalized spacial score (nSPS) is 12.0. The Hall–Kier alpha value is -3.49. The molecule has 1 aromatic heterocycles. The van der Waals surface area contributed by atoms with Crippen molar-refractivity contribution in [2.45, 2.75) is 17.9 Å². The number of halogens is 1. The molecule has 1 heterocycles. The molecule has 30 heavy (non-hydrogen) atoms. The van der Waals surface area contributed by atoms with Crippen molar-refractivity contribution in [2.24, 2.45) is 0 Å². The Morgan fingerprint density at radius 3 is 2.67 bits per heavy atom. The van der Waals surface area contributed by atoms with Gasteiger partial charge in [-0.25, -0.2) is 22.6 Å². The maximum absolute atomic E-state index is 14.0. The van der Waals surface area contributed by atoms with E-state index in [-0.39, 0.29) is 21.4 Å². The first-order valence-corrected chi connectivity index (χ1v) is 10.9. The molecule has 154 valence electrons. The summed E-state index contributed by atoms with van der Waals surface area (Å²) in [5.74, 6) is -0.683. The minimum absolute atomic E-state index is 0.0390. The highest BCUT2D eigenvalue weighted by molar-refractivity contribution is 7.93. The standard InChI is InChI=1S/C19H15FN4O4S2/c1-12(15-4-2-3-5-16(15)20)23-17-7-6-14(8-13(17)9-21)30(27,28)24(19(25)26)18-10-29-11-22-18/h2-8,10-12,23H,1H3,(H,25,26). The third-order valence-electron chi connectivity index (χ3n) is 4.19. The minimum atomic E-state index is -4.52. The summed E-state index contributed by atoms with van der Waals surface area (Å²) in [5.41, 5.74) is 1.92. The van der Waals surface area contributed by atoms with Crippen molar-refractivity contribution in [3.05, 3.63) is 70.3 Å². The molecule has 0 radical (unpaired) electrons. The van der Waals surface area contributed by atoms with E-state index in [1.54, 1.807) is 25.1 Å². The summed E-state index contributed by atoms with van der Waals surface area (Å²) < 4.78 is 39.9. The van der Waals surface area contributed by atoms with Crippen LogP contribution in [0.1, 0.15) is 24.1 Å². The maximum Gasteiger partial charge on any atom is 0.427 e. The number of sulfonamides is 1. The number of anilines is 2. The van der Waals surface area contributed by atoms with Gasteiger partial charge in [-0.3, -0.25) is 0 Å². The van der Waals surface area contributed by atoms with Crippen LogP contribution in [-0.4, -0.2) is 24.6 Å². The van der Waals surface area contributed by atoms with Crippen LogP contribution in [0.2, 0.25) is 0 Å². The molecule has 1 amide bonds. The lowest BCUT2D eigenvalue weighted by Gasteiger charge is -2.19. The van der Waals surface area contributed by atoms with Crippen LogP contribution < -0.4 is 9.62 Å². The second-order valence-corrected chi connectivity index (χ2v) is 8.61. The van der Waals surface area contributed by atoms with Crippen LogP contribution in [0.15, 0.2) is 58.3 Å². The molecule has 0 aliphatic rings. The van der Waals surface area contributed by atoms with Gasteiger partial charge in [0.05, 0.1) is 27.7 Å². The first kappa shape index (κ1) is 21.2. The molecule has 1 atom stereocenters. The highest BCUT2D eigenvalue weighted by atomic mass is 32.2. The summed E-state index contributed by atoms with van der Waals surface area (Å²) in [6.45, 7) is 1.69. The van der Waals surface area contributed by atoms with Gasteiger partial charge in [0, 0.05) is 10.9 Å². The van der Waals surface area contributed by atoms with Gasteiger partial charge in [0.25, 0.3) is 10.0 Å². The van der Waals surface area contributed by atoms with Gasteiger partial charge in [0.15, 0.2) is 5.82 Å². The minimum Gasteiger partial charge on any atom is -0.464 e. The molecule has 11 heteroatoms. The first-order valence-electron chi connectivity index (χ1n) is 8.47. The van der Waals surface area contributed by atoms with Crippen LogP contribution in [-0.2, 0) is 10.0 Å². The van der Waals surface area contributed by atoms with E-state index in [4.69, 9.17) is 0 Å². The van der Waals surface area contributed by atoms with Gasteiger partial charge >= 0.3 is 6.09 Å². The number of carbonyl (C=O) groups is 1. The molecule has 0 fully saturated rings. The number of hydrogen-bond donors (Lipinski definition) is 2. The summed E-state index contributed by atoms with van der Waals surface area (Å²) in [7, 11) is -4.52. The molecule has 1 unspecified atom stereocenters. The largest absolute Gasteiger partial charge is 0.464 e. The Morgan fingerprint density at radius 2 is 2.07 bits per heavy atom. The number of hydrogen-bond acceptors (Lipinski definition) is 7. The fourth-order valence-electron chi connectivity index (χ4n) is 2.78. The number of nitrogens with zero attached hydrogens (tertiary/aromatic N) is 3. The third-order valence-corrected chi connectivity index (χ3v) is 6.44. The van der Waals surface area contributed by atoms with Gasteiger partial charge in [0.1, 0.15) is 11.9 Å². The molecular weight excluding hydrogens is 431 g/mol. The van der Waals surface area contributed by atoms with E-state index in [0.717, 1.165) is 17.4 Å². The number of nitriles is 1. The molecule has 8 nitrogen and oxygen atoms in total. The quantitative estimate of drug-likeness (QED) is 0.581. The lowest BCUT2D eigenvalue weighted by Crippen LogP contribution is -2.36. The van der Waals surface area contributed by atoms with Crippen molar-refractivity contribution in [1.82, 2.24) is 4.98 Å². The van der Waals surface area contributed by atoms with Crippen LogP contribution >= 0.6 is 11.3 Å². The molecule has 2 aromatic carbocycles. The van der Waals surface area contributed by atoms with Gasteiger partial charge in [-0.2, -0.15) is 5.26 Å². The lowest BCUT2D eigenvalue weighted by atomic mass is 10.1. The summed E-state index contributed by atoms with van der Waals surface area (Å²) in [4.78, 5) is 14.9. The monoisotopic (exact) mass is 446 g/mol. The second kappa shape index (κ2) is 8.48. The number of amides is 1. The zero-order chi connectivity index (χ0) is 21.9. The molecule has 2 N–H and O–H groups in total. The molecule has 0 saturated heterocycles. The highest BCUT2D eigenvalue weighted by Crippen LogP contribution is 2.29. The lowest BCUT2D eigenvalue weighted by molar-refractivity contribution is 0.206. The zero-order valence-corrected chi connectivity index (χ0v) is 17.1. The van der Waals surface area contributed by atoms with E-state index in [2.05, 4.69) is 10.3 Å². The summed E-state index contributed by atoms with van der Waals surface area (Å²) in [6.07, 6.45) is -1.73. The van der Waals surface area contributed by atoms with E-state index in [1.807, 2.05) is 6.07 Å². The summed E-state index contributed by atoms with van der Waals surface area (Å²) >= 11 is 1.04. The van der Waals surface area contributed by atoms with Crippen molar-refractivity contribution < 1.29 is 22.7 Å². The third kappa shape index (κ3) is 4.10. The predicted molar refractivity (Wildman–Crippen MR) is 109 cm³/mol. The molecule has 0 spiro atoms. The first-order chi connectivity index (χ1) is 14.3. The number of thiazole rings is 1. The Labute approximate surface area is 175 Å². The number of rotatable bonds is 6. The fourth-order valence-corrected chi connectivity index (χ4v) is 4.63. The second-order valence-electron chi connectivity index (χ2n) is 6.11. The Morgan fingerprint density at radius 1 is 1.33 bits per heavy atom. The van der Waals surface area contributed by atoms with Crippen LogP contribution in [0.3, 0.4) is 0 Å². The van der Waals surface area contributed by atoms with Gasteiger partial charge in [0.2, 0.25) is 0 Å². The maximum atomic E-state index is 14.0. The molecular formula is C19H15FN4O4S2. The number of aromatic nitrogens is 1. The molecule has 3 aromatic rings. The smallest absolute Gasteiger partial charge is 0.427 e. The van der Waals surface area contributed by atoms with E-state index in [9.17, 15) is 28.0 Å². The van der Waals surface area contributed by atoms with Crippen molar-refractivity contribution in [3.63, 3.8) is 0 Å². The molecule has 0 saturated carbocycles. The van der Waals surface area contributed by atoms with Gasteiger partial charge in [-0.15, -0.1) is 15.6 Å². The van der Waals surface area contributed by atoms with Gasteiger partial charge < -0.3 is 10.4 Å². The average molecular weight is 446 g/mol. The molecule has 0 bridgehead atoms. The van der Waals surface area contributed by atoms with Crippen LogP contribution in [0, 0.1) is 17.1 Å². The van der Waals surface area contributed by atoms with Crippen LogP contribution in [0.5, 0.6) is 0 Å². The molecule has 3 rings (SSSR count). The highest BCUT2D eigenvalue weighted by Gasteiger charge is 2.33. The summed E-state index contributed by atoms with van der Waals surface area (Å²) in [5, 5.41) is 23.1. The molecule has 0 aliphatic heterocycles. The van der Waals surface area contributed by atoms with Crippen LogP contribution in [0.25, 0.3) is 0 Å². The van der Waals surface area contributed by atoms with Crippen molar-refractivity contribution in [3.8, 4) is 6.07 Å². The van der Waals surface area contributed by atoms with E-state index in [1.165, 1.54) is 29.1 Å². The number of nitrogens with one attached hydrogen (secondary N) is 1. The fraction of sp³-hybridized carbons (Fsp3) is 0.105. The Bertz CT molecular complexity index is 1220. The topological polar surface area (TPSA) is 123 Å². The van der Waals surface area contributed by atoms with Gasteiger partial charge in [-0.05, 0) is 31.2 Å². The Kier molecular flexibility index (Phi) is 6.00. The van der Waals surface area contributed by atoms with Crippen molar-refractivity contribution in [1.29, 1.82) is 5.26 Å². The van der Waals surface area contributed by atoms with E-state index < -0.39 is 32.9 Å². The number of benzene rings is 2. The van der Waals surface area contributed by atoms with E-state index in [0.29, 0.717) is 5.56 Å².